The van der Waals surface area contributed by atoms with Crippen molar-refractivity contribution in [2.24, 2.45) is 0 Å². The third-order valence-electron chi connectivity index (χ3n) is 2.17. The Bertz CT molecular complexity index is 509. The van der Waals surface area contributed by atoms with Gasteiger partial charge in [0, 0.05) is 24.9 Å². The summed E-state index contributed by atoms with van der Waals surface area (Å²) >= 11 is 5.99. The van der Waals surface area contributed by atoms with Crippen LogP contribution in [-0.4, -0.2) is 29.1 Å². The van der Waals surface area contributed by atoms with Gasteiger partial charge in [-0.15, -0.1) is 0 Å². The number of nitrogens with zero attached hydrogens (tertiary/aromatic N) is 4. The summed E-state index contributed by atoms with van der Waals surface area (Å²) < 4.78 is 2.59. The van der Waals surface area contributed by atoms with E-state index in [0.717, 1.165) is 16.1 Å². The number of halogens is 1. The fraction of sp³-hybridized carbons (Fsp3) is 0.200. The van der Waals surface area contributed by atoms with Gasteiger partial charge in [-0.3, -0.25) is 5.21 Å². The maximum absolute atomic E-state index is 9.29. The molecule has 0 atom stereocenters. The molecule has 0 aliphatic rings. The van der Waals surface area contributed by atoms with Crippen LogP contribution >= 0.6 is 11.6 Å². The minimum absolute atomic E-state index is 0.429. The van der Waals surface area contributed by atoms with Gasteiger partial charge in [0.25, 0.3) is 0 Å². The molecule has 5 nitrogen and oxygen atoms in total. The van der Waals surface area contributed by atoms with E-state index >= 15 is 0 Å². The molecule has 0 aliphatic carbocycles. The number of hydrogen-bond donors (Lipinski definition) is 1. The molecule has 0 fully saturated rings. The Labute approximate surface area is 98.1 Å². The molecule has 0 spiro atoms. The van der Waals surface area contributed by atoms with Gasteiger partial charge in [-0.1, -0.05) is 11.6 Å². The Morgan fingerprint density at radius 3 is 2.81 bits per heavy atom. The van der Waals surface area contributed by atoms with Gasteiger partial charge in [-0.05, 0) is 6.07 Å². The summed E-state index contributed by atoms with van der Waals surface area (Å²) in [4.78, 5) is 1.88. The lowest BCUT2D eigenvalue weighted by molar-refractivity contribution is -0.904. The predicted octanol–water partition coefficient (Wildman–Crippen LogP) is 1.12. The second kappa shape index (κ2) is 4.02. The summed E-state index contributed by atoms with van der Waals surface area (Å²) in [6.07, 6.45) is 4.88. The second-order valence-corrected chi connectivity index (χ2v) is 3.94. The van der Waals surface area contributed by atoms with Gasteiger partial charge in [0.15, 0.2) is 5.15 Å². The number of aromatic nitrogens is 3. The standard InChI is InChI=1S/C10H12ClN4O/c1-13(2)9-7-15(12-10(9)11)8-4-3-5-14(16)6-8/h3-7,16H,1-2H3/q+1. The number of anilines is 1. The minimum Gasteiger partial charge on any atom is -0.374 e. The highest BCUT2D eigenvalue weighted by Gasteiger charge is 2.11. The van der Waals surface area contributed by atoms with Crippen molar-refractivity contribution in [2.75, 3.05) is 19.0 Å². The molecule has 0 saturated carbocycles. The fourth-order valence-corrected chi connectivity index (χ4v) is 1.66. The molecule has 2 rings (SSSR count). The highest BCUT2D eigenvalue weighted by Crippen LogP contribution is 2.23. The third-order valence-corrected chi connectivity index (χ3v) is 2.44. The molecule has 0 aliphatic heterocycles. The van der Waals surface area contributed by atoms with Crippen molar-refractivity contribution in [1.82, 2.24) is 9.78 Å². The first-order valence-corrected chi connectivity index (χ1v) is 5.09. The van der Waals surface area contributed by atoms with Crippen LogP contribution in [0.25, 0.3) is 5.69 Å². The average molecular weight is 240 g/mol. The Balaban J connectivity index is 2.45. The van der Waals surface area contributed by atoms with Gasteiger partial charge in [-0.2, -0.15) is 5.10 Å². The largest absolute Gasteiger partial charge is 0.374 e. The summed E-state index contributed by atoms with van der Waals surface area (Å²) in [6.45, 7) is 0. The summed E-state index contributed by atoms with van der Waals surface area (Å²) in [5, 5.41) is 13.9. The molecule has 2 aromatic rings. The van der Waals surface area contributed by atoms with Crippen LogP contribution in [0, 0.1) is 0 Å². The monoisotopic (exact) mass is 239 g/mol. The topological polar surface area (TPSA) is 45.2 Å². The normalized spacial score (nSPS) is 10.4. The van der Waals surface area contributed by atoms with Crippen LogP contribution in [0.2, 0.25) is 5.15 Å². The molecule has 0 saturated heterocycles. The smallest absolute Gasteiger partial charge is 0.247 e. The highest BCUT2D eigenvalue weighted by atomic mass is 35.5. The number of rotatable bonds is 2. The molecular formula is C10H12ClN4O+. The van der Waals surface area contributed by atoms with Gasteiger partial charge >= 0.3 is 0 Å². The van der Waals surface area contributed by atoms with E-state index in [0.29, 0.717) is 5.15 Å². The SMILES string of the molecule is CN(C)c1cn(-c2ccc[n+](O)c2)nc1Cl. The number of hydrogen-bond acceptors (Lipinski definition) is 3. The van der Waals surface area contributed by atoms with E-state index in [-0.39, 0.29) is 0 Å². The molecule has 6 heteroatoms. The zero-order valence-corrected chi connectivity index (χ0v) is 9.76. The zero-order chi connectivity index (χ0) is 11.7. The van der Waals surface area contributed by atoms with Gasteiger partial charge in [0.1, 0.15) is 5.69 Å². The maximum atomic E-state index is 9.29. The van der Waals surface area contributed by atoms with E-state index in [1.165, 1.54) is 6.20 Å². The van der Waals surface area contributed by atoms with E-state index in [2.05, 4.69) is 5.10 Å². The van der Waals surface area contributed by atoms with Crippen molar-refractivity contribution >= 4 is 17.3 Å². The van der Waals surface area contributed by atoms with Gasteiger partial charge in [0.2, 0.25) is 12.4 Å². The third kappa shape index (κ3) is 1.94. The molecule has 16 heavy (non-hydrogen) atoms. The van der Waals surface area contributed by atoms with E-state index in [1.807, 2.05) is 25.1 Å². The van der Waals surface area contributed by atoms with E-state index in [1.54, 1.807) is 23.1 Å². The zero-order valence-electron chi connectivity index (χ0n) is 9.00. The predicted molar refractivity (Wildman–Crippen MR) is 60.3 cm³/mol. The minimum atomic E-state index is 0.429. The van der Waals surface area contributed by atoms with Crippen molar-refractivity contribution in [3.05, 3.63) is 35.9 Å². The van der Waals surface area contributed by atoms with Crippen LogP contribution in [0.15, 0.2) is 30.7 Å². The summed E-state index contributed by atoms with van der Waals surface area (Å²) in [6, 6.07) is 3.55. The van der Waals surface area contributed by atoms with Crippen molar-refractivity contribution in [3.8, 4) is 5.69 Å². The van der Waals surface area contributed by atoms with Crippen molar-refractivity contribution in [1.29, 1.82) is 0 Å². The lowest BCUT2D eigenvalue weighted by atomic mass is 10.4. The molecule has 2 heterocycles. The molecule has 0 radical (unpaired) electrons. The van der Waals surface area contributed by atoms with E-state index in [9.17, 15) is 5.21 Å². The molecule has 0 amide bonds. The first-order valence-electron chi connectivity index (χ1n) is 4.71. The van der Waals surface area contributed by atoms with Crippen LogP contribution < -0.4 is 9.63 Å². The van der Waals surface area contributed by atoms with Crippen LogP contribution in [0.4, 0.5) is 5.69 Å². The summed E-state index contributed by atoms with van der Waals surface area (Å²) in [5.41, 5.74) is 1.56. The molecule has 84 valence electrons. The molecule has 0 bridgehead atoms. The van der Waals surface area contributed by atoms with Crippen molar-refractivity contribution in [3.63, 3.8) is 0 Å². The molecule has 0 aromatic carbocycles. The Morgan fingerprint density at radius 1 is 1.50 bits per heavy atom. The van der Waals surface area contributed by atoms with Gasteiger partial charge < -0.3 is 4.90 Å². The van der Waals surface area contributed by atoms with E-state index < -0.39 is 0 Å². The highest BCUT2D eigenvalue weighted by molar-refractivity contribution is 6.32. The Kier molecular flexibility index (Phi) is 2.70. The first kappa shape index (κ1) is 10.8. The quantitative estimate of drug-likeness (QED) is 0.631. The average Bonchev–Trinajstić information content (AvgIpc) is 2.60. The fourth-order valence-electron chi connectivity index (χ4n) is 1.36. The summed E-state index contributed by atoms with van der Waals surface area (Å²) in [7, 11) is 3.79. The summed E-state index contributed by atoms with van der Waals surface area (Å²) in [5.74, 6) is 0. The molecule has 0 unspecified atom stereocenters. The Hall–Kier alpha value is -1.75. The van der Waals surface area contributed by atoms with Crippen molar-refractivity contribution < 1.29 is 9.94 Å². The van der Waals surface area contributed by atoms with Gasteiger partial charge in [-0.25, -0.2) is 4.68 Å². The second-order valence-electron chi connectivity index (χ2n) is 3.59. The lowest BCUT2D eigenvalue weighted by Crippen LogP contribution is -2.29. The molecule has 2 aromatic heterocycles. The number of pyridine rings is 1. The Morgan fingerprint density at radius 2 is 2.25 bits per heavy atom. The van der Waals surface area contributed by atoms with Gasteiger partial charge in [0.05, 0.1) is 11.9 Å². The van der Waals surface area contributed by atoms with Crippen LogP contribution in [0.3, 0.4) is 0 Å². The van der Waals surface area contributed by atoms with Crippen LogP contribution in [0.5, 0.6) is 0 Å². The maximum Gasteiger partial charge on any atom is 0.247 e. The molecular weight excluding hydrogens is 228 g/mol. The lowest BCUT2D eigenvalue weighted by Gasteiger charge is -2.07. The first-order chi connectivity index (χ1) is 7.58. The van der Waals surface area contributed by atoms with Crippen LogP contribution in [-0.2, 0) is 0 Å². The van der Waals surface area contributed by atoms with E-state index in [4.69, 9.17) is 11.6 Å². The van der Waals surface area contributed by atoms with Crippen LogP contribution in [0.1, 0.15) is 0 Å². The molecule has 1 N–H and O–H groups in total. The van der Waals surface area contributed by atoms with Crippen molar-refractivity contribution in [2.45, 2.75) is 0 Å².